The van der Waals surface area contributed by atoms with Crippen molar-refractivity contribution in [1.29, 1.82) is 0 Å². The van der Waals surface area contributed by atoms with E-state index in [0.717, 1.165) is 11.6 Å². The van der Waals surface area contributed by atoms with Crippen LogP contribution in [0.3, 0.4) is 0 Å². The van der Waals surface area contributed by atoms with Crippen LogP contribution in [0, 0.1) is 12.7 Å². The van der Waals surface area contributed by atoms with Crippen molar-refractivity contribution >= 4 is 22.7 Å². The van der Waals surface area contributed by atoms with Crippen molar-refractivity contribution in [3.63, 3.8) is 0 Å². The lowest BCUT2D eigenvalue weighted by Crippen LogP contribution is -2.34. The lowest BCUT2D eigenvalue weighted by molar-refractivity contribution is -0.159. The van der Waals surface area contributed by atoms with Crippen LogP contribution in [0.15, 0.2) is 52.0 Å². The lowest BCUT2D eigenvalue weighted by Gasteiger charge is -2.10. The highest BCUT2D eigenvalue weighted by Crippen LogP contribution is 2.31. The molecule has 3 aromatic rings. The Bertz CT molecular complexity index is 1180. The summed E-state index contributed by atoms with van der Waals surface area (Å²) in [5, 5.41) is 6.52. The summed E-state index contributed by atoms with van der Waals surface area (Å²) < 4.78 is 56.5. The fraction of sp³-hybridized carbons (Fsp3) is 0.200. The topological polar surface area (TPSA) is 80.4 Å². The third kappa shape index (κ3) is 4.46. The van der Waals surface area contributed by atoms with Crippen LogP contribution in [0.25, 0.3) is 11.4 Å². The number of aliphatic imine (C=N–C) groups is 1. The van der Waals surface area contributed by atoms with E-state index < -0.39 is 29.9 Å². The first kappa shape index (κ1) is 21.0. The van der Waals surface area contributed by atoms with Crippen LogP contribution in [-0.2, 0) is 6.18 Å². The summed E-state index contributed by atoms with van der Waals surface area (Å²) in [6.07, 6.45) is -5.30. The number of carbonyl (C=O) groups excluding carboxylic acids is 1. The molecule has 1 unspecified atom stereocenters. The predicted octanol–water partition coefficient (Wildman–Crippen LogP) is 4.45. The van der Waals surface area contributed by atoms with Gasteiger partial charge in [-0.25, -0.2) is 4.39 Å². The molecule has 0 fully saturated rings. The number of halogens is 4. The van der Waals surface area contributed by atoms with Gasteiger partial charge in [0.15, 0.2) is 0 Å². The molecule has 1 atom stereocenters. The molecule has 160 valence electrons. The number of carbonyl (C=O) groups is 1. The zero-order chi connectivity index (χ0) is 22.2. The molecular formula is C20H14F4N4O2S. The molecule has 4 rings (SSSR count). The van der Waals surface area contributed by atoms with E-state index in [1.54, 1.807) is 12.1 Å². The van der Waals surface area contributed by atoms with E-state index in [2.05, 4.69) is 25.0 Å². The maximum absolute atomic E-state index is 14.5. The Balaban J connectivity index is 1.50. The zero-order valence-corrected chi connectivity index (χ0v) is 16.7. The van der Waals surface area contributed by atoms with Crippen LogP contribution < -0.4 is 5.32 Å². The Morgan fingerprint density at radius 2 is 2.00 bits per heavy atom. The molecule has 0 radical (unpaired) electrons. The molecule has 0 saturated carbocycles. The summed E-state index contributed by atoms with van der Waals surface area (Å²) in [5.41, 5.74) is 1.59. The molecule has 1 amide bonds. The first-order valence-electron chi connectivity index (χ1n) is 9.00. The van der Waals surface area contributed by atoms with Gasteiger partial charge < -0.3 is 9.84 Å². The van der Waals surface area contributed by atoms with Crippen LogP contribution in [0.4, 0.5) is 17.6 Å². The van der Waals surface area contributed by atoms with Gasteiger partial charge in [-0.15, -0.1) is 11.8 Å². The lowest BCUT2D eigenvalue weighted by atomic mass is 10.1. The fourth-order valence-corrected chi connectivity index (χ4v) is 3.91. The Morgan fingerprint density at radius 3 is 2.68 bits per heavy atom. The number of thioether (sulfide) groups is 1. The molecule has 1 aromatic heterocycles. The number of rotatable bonds is 4. The summed E-state index contributed by atoms with van der Waals surface area (Å²) in [5.74, 6) is -2.65. The number of aryl methyl sites for hydroxylation is 1. The Kier molecular flexibility index (Phi) is 5.52. The highest BCUT2D eigenvalue weighted by atomic mass is 32.2. The molecule has 11 heteroatoms. The maximum Gasteiger partial charge on any atom is 0.471 e. The van der Waals surface area contributed by atoms with Gasteiger partial charge in [-0.05, 0) is 30.7 Å². The van der Waals surface area contributed by atoms with Crippen molar-refractivity contribution in [2.75, 3.05) is 5.75 Å². The van der Waals surface area contributed by atoms with E-state index in [-0.39, 0.29) is 11.5 Å². The number of alkyl halides is 3. The quantitative estimate of drug-likeness (QED) is 0.594. The van der Waals surface area contributed by atoms with Gasteiger partial charge in [0.2, 0.25) is 5.82 Å². The molecule has 31 heavy (non-hydrogen) atoms. The summed E-state index contributed by atoms with van der Waals surface area (Å²) >= 11 is 1.33. The minimum absolute atomic E-state index is 0.226. The van der Waals surface area contributed by atoms with Gasteiger partial charge in [0.25, 0.3) is 5.91 Å². The number of aromatic nitrogens is 2. The van der Waals surface area contributed by atoms with Crippen LogP contribution in [-0.4, -0.2) is 33.0 Å². The number of nitrogens with zero attached hydrogens (tertiary/aromatic N) is 3. The standard InChI is InChI=1S/C20H14F4N4O2S/c1-10-4-2-3-5-12(10)17(29)25-15-9-31-18(26-15)11-6-7-13(14(21)8-11)16-27-19(30-28-16)20(22,23)24/h2-8,15H,9H2,1H3,(H,25,29). The van der Waals surface area contributed by atoms with Gasteiger partial charge in [-0.3, -0.25) is 9.79 Å². The number of benzene rings is 2. The van der Waals surface area contributed by atoms with Gasteiger partial charge in [-0.2, -0.15) is 18.2 Å². The van der Waals surface area contributed by atoms with Crippen LogP contribution in [0.1, 0.15) is 27.4 Å². The van der Waals surface area contributed by atoms with E-state index >= 15 is 0 Å². The smallest absolute Gasteiger partial charge is 0.329 e. The average Bonchev–Trinajstić information content (AvgIpc) is 3.38. The molecular weight excluding hydrogens is 436 g/mol. The van der Waals surface area contributed by atoms with E-state index in [4.69, 9.17) is 0 Å². The molecule has 0 saturated heterocycles. The molecule has 2 aromatic carbocycles. The van der Waals surface area contributed by atoms with Crippen molar-refractivity contribution in [3.05, 3.63) is 70.9 Å². The molecule has 0 bridgehead atoms. The molecule has 2 heterocycles. The van der Waals surface area contributed by atoms with Crippen LogP contribution >= 0.6 is 11.8 Å². The monoisotopic (exact) mass is 450 g/mol. The van der Waals surface area contributed by atoms with Gasteiger partial charge in [0.1, 0.15) is 17.0 Å². The highest BCUT2D eigenvalue weighted by Gasteiger charge is 2.38. The van der Waals surface area contributed by atoms with Gasteiger partial charge >= 0.3 is 12.1 Å². The minimum Gasteiger partial charge on any atom is -0.329 e. The van der Waals surface area contributed by atoms with Crippen LogP contribution in [0.5, 0.6) is 0 Å². The number of nitrogens with one attached hydrogen (secondary N) is 1. The Morgan fingerprint density at radius 1 is 1.23 bits per heavy atom. The molecule has 1 N–H and O–H groups in total. The summed E-state index contributed by atoms with van der Waals surface area (Å²) in [4.78, 5) is 20.1. The van der Waals surface area contributed by atoms with E-state index in [9.17, 15) is 22.4 Å². The number of hydrogen-bond acceptors (Lipinski definition) is 6. The second kappa shape index (κ2) is 8.14. The second-order valence-electron chi connectivity index (χ2n) is 6.66. The molecule has 1 aliphatic rings. The SMILES string of the molecule is Cc1ccccc1C(=O)NC1CSC(c2ccc(-c3noc(C(F)(F)F)n3)c(F)c2)=N1. The summed E-state index contributed by atoms with van der Waals surface area (Å²) in [6, 6.07) is 11.1. The van der Waals surface area contributed by atoms with Crippen molar-refractivity contribution in [3.8, 4) is 11.4 Å². The molecule has 0 aliphatic carbocycles. The number of hydrogen-bond donors (Lipinski definition) is 1. The van der Waals surface area contributed by atoms with E-state index in [1.165, 1.54) is 23.9 Å². The zero-order valence-electron chi connectivity index (χ0n) is 15.9. The fourth-order valence-electron chi connectivity index (χ4n) is 2.94. The van der Waals surface area contributed by atoms with E-state index in [1.807, 2.05) is 19.1 Å². The van der Waals surface area contributed by atoms with Gasteiger partial charge in [0, 0.05) is 16.9 Å². The predicted molar refractivity (Wildman–Crippen MR) is 106 cm³/mol. The average molecular weight is 450 g/mol. The molecule has 1 aliphatic heterocycles. The third-order valence-corrected chi connectivity index (χ3v) is 5.56. The third-order valence-electron chi connectivity index (χ3n) is 4.46. The summed E-state index contributed by atoms with van der Waals surface area (Å²) in [7, 11) is 0. The Labute approximate surface area is 177 Å². The largest absolute Gasteiger partial charge is 0.471 e. The van der Waals surface area contributed by atoms with Crippen molar-refractivity contribution in [2.24, 2.45) is 4.99 Å². The first-order valence-corrected chi connectivity index (χ1v) is 9.99. The molecule has 0 spiro atoms. The number of amides is 1. The minimum atomic E-state index is -4.81. The van der Waals surface area contributed by atoms with Crippen molar-refractivity contribution in [2.45, 2.75) is 19.3 Å². The summed E-state index contributed by atoms with van der Waals surface area (Å²) in [6.45, 7) is 1.83. The van der Waals surface area contributed by atoms with Gasteiger partial charge in [0.05, 0.1) is 5.56 Å². The van der Waals surface area contributed by atoms with Crippen molar-refractivity contribution in [1.82, 2.24) is 15.5 Å². The van der Waals surface area contributed by atoms with Gasteiger partial charge in [-0.1, -0.05) is 29.4 Å². The van der Waals surface area contributed by atoms with Crippen molar-refractivity contribution < 1.29 is 26.9 Å². The molecule has 6 nitrogen and oxygen atoms in total. The first-order chi connectivity index (χ1) is 14.7. The van der Waals surface area contributed by atoms with Crippen LogP contribution in [0.2, 0.25) is 0 Å². The van der Waals surface area contributed by atoms with E-state index in [0.29, 0.717) is 21.9 Å². The second-order valence-corrected chi connectivity index (χ2v) is 7.67. The maximum atomic E-state index is 14.5. The Hall–Kier alpha value is -3.21. The highest BCUT2D eigenvalue weighted by molar-refractivity contribution is 8.14. The normalized spacial score (nSPS) is 16.3.